The summed E-state index contributed by atoms with van der Waals surface area (Å²) in [6.07, 6.45) is 0.0789. The van der Waals surface area contributed by atoms with Crippen LogP contribution in [0.15, 0.2) is 6.07 Å². The van der Waals surface area contributed by atoms with Crippen molar-refractivity contribution in [1.82, 2.24) is 8.75 Å². The number of ether oxygens (including phenoxy) is 1. The van der Waals surface area contributed by atoms with Crippen LogP contribution >= 0.6 is 23.3 Å². The van der Waals surface area contributed by atoms with E-state index in [-0.39, 0.29) is 12.4 Å². The zero-order valence-electron chi connectivity index (χ0n) is 8.36. The van der Waals surface area contributed by atoms with Crippen LogP contribution in [0.3, 0.4) is 0 Å². The standard InChI is InChI=1S/C9H8ClN3O2S/c1-15-6(14)3-4-2-5-9(13-16-12-5)7(10)8(4)11/h2H,3,11H2,1H3. The molecule has 0 aliphatic rings. The molecular weight excluding hydrogens is 250 g/mol. The van der Waals surface area contributed by atoms with Gasteiger partial charge in [-0.2, -0.15) is 8.75 Å². The second-order valence-electron chi connectivity index (χ2n) is 3.15. The minimum Gasteiger partial charge on any atom is -0.469 e. The first-order chi connectivity index (χ1) is 7.63. The monoisotopic (exact) mass is 257 g/mol. The lowest BCUT2D eigenvalue weighted by Gasteiger charge is -2.06. The zero-order chi connectivity index (χ0) is 11.7. The van der Waals surface area contributed by atoms with Crippen LogP contribution in [0.25, 0.3) is 11.0 Å². The summed E-state index contributed by atoms with van der Waals surface area (Å²) in [5, 5.41) is 0.338. The summed E-state index contributed by atoms with van der Waals surface area (Å²) in [6, 6.07) is 1.71. The molecule has 0 spiro atoms. The van der Waals surface area contributed by atoms with E-state index in [2.05, 4.69) is 13.5 Å². The predicted molar refractivity (Wildman–Crippen MR) is 62.6 cm³/mol. The Balaban J connectivity index is 2.53. The van der Waals surface area contributed by atoms with Crippen LogP contribution in [-0.4, -0.2) is 21.8 Å². The number of anilines is 1. The van der Waals surface area contributed by atoms with Crippen molar-refractivity contribution in [1.29, 1.82) is 0 Å². The number of halogens is 1. The Kier molecular flexibility index (Phi) is 2.93. The van der Waals surface area contributed by atoms with Crippen LogP contribution in [0, 0.1) is 0 Å². The van der Waals surface area contributed by atoms with Crippen molar-refractivity contribution in [3.05, 3.63) is 16.7 Å². The molecule has 7 heteroatoms. The normalized spacial score (nSPS) is 10.6. The Morgan fingerprint density at radius 2 is 2.38 bits per heavy atom. The van der Waals surface area contributed by atoms with Crippen LogP contribution in [-0.2, 0) is 16.0 Å². The van der Waals surface area contributed by atoms with Crippen molar-refractivity contribution in [3.63, 3.8) is 0 Å². The van der Waals surface area contributed by atoms with E-state index in [4.69, 9.17) is 17.3 Å². The van der Waals surface area contributed by atoms with Crippen molar-refractivity contribution >= 4 is 46.0 Å². The third kappa shape index (κ3) is 1.81. The molecule has 2 rings (SSSR count). The number of hydrogen-bond acceptors (Lipinski definition) is 6. The van der Waals surface area contributed by atoms with E-state index in [0.29, 0.717) is 27.3 Å². The molecule has 0 saturated heterocycles. The van der Waals surface area contributed by atoms with Gasteiger partial charge in [0.05, 0.1) is 36.0 Å². The molecule has 0 atom stereocenters. The zero-order valence-corrected chi connectivity index (χ0v) is 9.93. The Bertz CT molecular complexity index is 555. The molecule has 0 fully saturated rings. The van der Waals surface area contributed by atoms with Gasteiger partial charge in [-0.1, -0.05) is 11.6 Å². The van der Waals surface area contributed by atoms with Gasteiger partial charge in [-0.25, -0.2) is 0 Å². The highest BCUT2D eigenvalue weighted by Crippen LogP contribution is 2.31. The van der Waals surface area contributed by atoms with Gasteiger partial charge in [-0.3, -0.25) is 4.79 Å². The first-order valence-electron chi connectivity index (χ1n) is 4.39. The number of nitrogens with zero attached hydrogens (tertiary/aromatic N) is 2. The van der Waals surface area contributed by atoms with Crippen LogP contribution in [0.5, 0.6) is 0 Å². The van der Waals surface area contributed by atoms with Crippen molar-refractivity contribution in [3.8, 4) is 0 Å². The van der Waals surface area contributed by atoms with Crippen molar-refractivity contribution in [2.75, 3.05) is 12.8 Å². The number of benzene rings is 1. The number of rotatable bonds is 2. The molecule has 5 nitrogen and oxygen atoms in total. The van der Waals surface area contributed by atoms with Gasteiger partial charge in [0.1, 0.15) is 11.0 Å². The topological polar surface area (TPSA) is 78.1 Å². The molecule has 1 heterocycles. The molecule has 1 aromatic heterocycles. The maximum atomic E-state index is 11.2. The molecule has 0 radical (unpaired) electrons. The second-order valence-corrected chi connectivity index (χ2v) is 4.05. The van der Waals surface area contributed by atoms with E-state index in [0.717, 1.165) is 11.7 Å². The number of carbonyl (C=O) groups excluding carboxylic acids is 1. The number of esters is 1. The van der Waals surface area contributed by atoms with E-state index >= 15 is 0 Å². The van der Waals surface area contributed by atoms with Crippen molar-refractivity contribution < 1.29 is 9.53 Å². The third-order valence-electron chi connectivity index (χ3n) is 2.18. The van der Waals surface area contributed by atoms with Gasteiger partial charge < -0.3 is 10.5 Å². The fourth-order valence-electron chi connectivity index (χ4n) is 1.33. The van der Waals surface area contributed by atoms with Gasteiger partial charge in [-0.05, 0) is 11.6 Å². The summed E-state index contributed by atoms with van der Waals surface area (Å²) in [5.74, 6) is -0.370. The largest absolute Gasteiger partial charge is 0.469 e. The van der Waals surface area contributed by atoms with Gasteiger partial charge in [0.15, 0.2) is 0 Å². The number of aromatic nitrogens is 2. The SMILES string of the molecule is COC(=O)Cc1cc2nsnc2c(Cl)c1N. The number of nitrogen functional groups attached to an aromatic ring is 1. The number of carbonyl (C=O) groups is 1. The molecule has 0 saturated carbocycles. The summed E-state index contributed by atoms with van der Waals surface area (Å²) in [5.41, 5.74) is 7.98. The molecule has 0 aliphatic heterocycles. The average Bonchev–Trinajstić information content (AvgIpc) is 2.73. The summed E-state index contributed by atoms with van der Waals surface area (Å²) in [7, 11) is 1.32. The van der Waals surface area contributed by atoms with E-state index in [1.54, 1.807) is 6.07 Å². The molecule has 16 heavy (non-hydrogen) atoms. The lowest BCUT2D eigenvalue weighted by molar-refractivity contribution is -0.139. The fraction of sp³-hybridized carbons (Fsp3) is 0.222. The lowest BCUT2D eigenvalue weighted by atomic mass is 10.1. The van der Waals surface area contributed by atoms with Gasteiger partial charge >= 0.3 is 5.97 Å². The minimum atomic E-state index is -0.370. The first kappa shape index (κ1) is 11.1. The molecule has 2 N–H and O–H groups in total. The van der Waals surface area contributed by atoms with E-state index in [1.165, 1.54) is 7.11 Å². The number of methoxy groups -OCH3 is 1. The van der Waals surface area contributed by atoms with Gasteiger partial charge in [0.25, 0.3) is 0 Å². The molecule has 0 unspecified atom stereocenters. The molecule has 0 aliphatic carbocycles. The quantitative estimate of drug-likeness (QED) is 0.654. The first-order valence-corrected chi connectivity index (χ1v) is 5.50. The summed E-state index contributed by atoms with van der Waals surface area (Å²) in [4.78, 5) is 11.2. The number of fused-ring (bicyclic) bond motifs is 1. The molecular formula is C9H8ClN3O2S. The maximum absolute atomic E-state index is 11.2. The Labute approximate surface area is 100 Å². The fourth-order valence-corrected chi connectivity index (χ4v) is 2.17. The summed E-state index contributed by atoms with van der Waals surface area (Å²) >= 11 is 7.08. The molecule has 2 aromatic rings. The number of hydrogen-bond donors (Lipinski definition) is 1. The van der Waals surface area contributed by atoms with Crippen molar-refractivity contribution in [2.45, 2.75) is 6.42 Å². The van der Waals surface area contributed by atoms with E-state index in [1.807, 2.05) is 0 Å². The lowest BCUT2D eigenvalue weighted by Crippen LogP contribution is -2.07. The van der Waals surface area contributed by atoms with Crippen LogP contribution in [0.2, 0.25) is 5.02 Å². The highest BCUT2D eigenvalue weighted by Gasteiger charge is 2.14. The van der Waals surface area contributed by atoms with E-state index < -0.39 is 0 Å². The summed E-state index contributed by atoms with van der Waals surface area (Å²) in [6.45, 7) is 0. The van der Waals surface area contributed by atoms with Gasteiger partial charge in [-0.15, -0.1) is 0 Å². The van der Waals surface area contributed by atoms with Crippen LogP contribution in [0.1, 0.15) is 5.56 Å². The maximum Gasteiger partial charge on any atom is 0.310 e. The van der Waals surface area contributed by atoms with Gasteiger partial charge in [0, 0.05) is 0 Å². The summed E-state index contributed by atoms with van der Waals surface area (Å²) < 4.78 is 12.6. The number of nitrogens with two attached hydrogens (primary N) is 1. The van der Waals surface area contributed by atoms with Gasteiger partial charge in [0.2, 0.25) is 0 Å². The molecule has 0 amide bonds. The average molecular weight is 258 g/mol. The minimum absolute atomic E-state index is 0.0789. The highest BCUT2D eigenvalue weighted by molar-refractivity contribution is 7.00. The predicted octanol–water partition coefficient (Wildman–Crippen LogP) is 1.64. The Hall–Kier alpha value is -1.40. The van der Waals surface area contributed by atoms with Crippen molar-refractivity contribution in [2.24, 2.45) is 0 Å². The highest BCUT2D eigenvalue weighted by atomic mass is 35.5. The van der Waals surface area contributed by atoms with Crippen LogP contribution < -0.4 is 5.73 Å². The second kappa shape index (κ2) is 4.23. The third-order valence-corrected chi connectivity index (χ3v) is 3.10. The van der Waals surface area contributed by atoms with E-state index in [9.17, 15) is 4.79 Å². The van der Waals surface area contributed by atoms with Crippen LogP contribution in [0.4, 0.5) is 5.69 Å². The molecule has 0 bridgehead atoms. The molecule has 1 aromatic carbocycles. The Morgan fingerprint density at radius 3 is 3.06 bits per heavy atom. The Morgan fingerprint density at radius 1 is 1.62 bits per heavy atom. The smallest absolute Gasteiger partial charge is 0.310 e. The molecule has 84 valence electrons.